The maximum absolute atomic E-state index is 5.53. The minimum atomic E-state index is 0.585. The van der Waals surface area contributed by atoms with Gasteiger partial charge in [-0.15, -0.1) is 0 Å². The van der Waals surface area contributed by atoms with E-state index in [1.165, 1.54) is 16.9 Å². The summed E-state index contributed by atoms with van der Waals surface area (Å²) in [4.78, 5) is 8.14. The predicted octanol–water partition coefficient (Wildman–Crippen LogP) is 1.58. The van der Waals surface area contributed by atoms with Crippen LogP contribution in [0.5, 0.6) is 0 Å². The smallest absolute Gasteiger partial charge is 0.182 e. The van der Waals surface area contributed by atoms with Crippen molar-refractivity contribution in [3.8, 4) is 0 Å². The van der Waals surface area contributed by atoms with Gasteiger partial charge in [-0.25, -0.2) is 9.97 Å². The van der Waals surface area contributed by atoms with E-state index in [-0.39, 0.29) is 0 Å². The molecule has 0 radical (unpaired) electrons. The van der Waals surface area contributed by atoms with Gasteiger partial charge >= 0.3 is 0 Å². The molecule has 0 aromatic carbocycles. The molecule has 2 heterocycles. The van der Waals surface area contributed by atoms with Crippen LogP contribution in [0.25, 0.3) is 10.3 Å². The average Bonchev–Trinajstić information content (AvgIpc) is 2.31. The number of nitrogens with zero attached hydrogens (tertiary/aromatic N) is 2. The quantitative estimate of drug-likeness (QED) is 0.644. The van der Waals surface area contributed by atoms with Gasteiger partial charge < -0.3 is 5.73 Å². The number of hydrogen-bond acceptors (Lipinski definition) is 4. The number of nitrogens with two attached hydrogens (primary N) is 1. The second kappa shape index (κ2) is 2.17. The highest BCUT2D eigenvalue weighted by Gasteiger charge is 2.02. The first kappa shape index (κ1) is 6.54. The van der Waals surface area contributed by atoms with Crippen molar-refractivity contribution in [2.45, 2.75) is 6.92 Å². The van der Waals surface area contributed by atoms with Crippen LogP contribution in [0, 0.1) is 6.92 Å². The molecule has 0 aliphatic carbocycles. The molecule has 0 atom stereocenters. The number of pyridine rings is 1. The zero-order valence-corrected chi connectivity index (χ0v) is 6.85. The molecule has 0 spiro atoms. The lowest BCUT2D eigenvalue weighted by Gasteiger charge is -1.89. The Kier molecular flexibility index (Phi) is 1.29. The van der Waals surface area contributed by atoms with Gasteiger partial charge in [0.05, 0.1) is 4.70 Å². The molecule has 0 amide bonds. The summed E-state index contributed by atoms with van der Waals surface area (Å²) >= 11 is 1.48. The van der Waals surface area contributed by atoms with E-state index in [4.69, 9.17) is 5.73 Å². The Labute approximate surface area is 67.9 Å². The Morgan fingerprint density at radius 3 is 3.09 bits per heavy atom. The fourth-order valence-corrected chi connectivity index (χ4v) is 1.73. The van der Waals surface area contributed by atoms with Crippen LogP contribution in [0.15, 0.2) is 12.3 Å². The highest BCUT2D eigenvalue weighted by atomic mass is 32.1. The van der Waals surface area contributed by atoms with E-state index in [0.717, 1.165) is 10.3 Å². The Hall–Kier alpha value is -1.16. The summed E-state index contributed by atoms with van der Waals surface area (Å²) in [5.41, 5.74) is 7.47. The van der Waals surface area contributed by atoms with Crippen LogP contribution >= 0.6 is 11.3 Å². The van der Waals surface area contributed by atoms with Gasteiger partial charge in [0, 0.05) is 6.20 Å². The van der Waals surface area contributed by atoms with E-state index in [1.54, 1.807) is 6.20 Å². The van der Waals surface area contributed by atoms with E-state index in [0.29, 0.717) is 5.13 Å². The topological polar surface area (TPSA) is 51.8 Å². The minimum absolute atomic E-state index is 0.585. The van der Waals surface area contributed by atoms with Crippen molar-refractivity contribution in [1.82, 2.24) is 9.97 Å². The lowest BCUT2D eigenvalue weighted by Crippen LogP contribution is -1.81. The third-order valence-electron chi connectivity index (χ3n) is 1.51. The Bertz CT molecular complexity index is 393. The number of aryl methyl sites for hydroxylation is 1. The van der Waals surface area contributed by atoms with Gasteiger partial charge in [-0.2, -0.15) is 0 Å². The van der Waals surface area contributed by atoms with Crippen molar-refractivity contribution in [3.63, 3.8) is 0 Å². The standard InChI is InChI=1S/C7H7N3S/c1-4-2-3-9-6-5(4)11-7(8)10-6/h2-3H,1H3,(H2,8,9,10). The number of thiazole rings is 1. The normalized spacial score (nSPS) is 10.6. The molecule has 0 saturated carbocycles. The minimum Gasteiger partial charge on any atom is -0.375 e. The van der Waals surface area contributed by atoms with E-state index in [2.05, 4.69) is 9.97 Å². The van der Waals surface area contributed by atoms with Crippen LogP contribution in [-0.2, 0) is 0 Å². The van der Waals surface area contributed by atoms with Crippen molar-refractivity contribution >= 4 is 26.8 Å². The van der Waals surface area contributed by atoms with Gasteiger partial charge in [0.2, 0.25) is 0 Å². The summed E-state index contributed by atoms with van der Waals surface area (Å²) in [6, 6.07) is 1.96. The van der Waals surface area contributed by atoms with Crippen LogP contribution in [0.2, 0.25) is 0 Å². The lowest BCUT2D eigenvalue weighted by atomic mass is 10.3. The van der Waals surface area contributed by atoms with Gasteiger partial charge in [-0.1, -0.05) is 11.3 Å². The maximum atomic E-state index is 5.53. The van der Waals surface area contributed by atoms with Crippen LogP contribution in [0.3, 0.4) is 0 Å². The number of rotatable bonds is 0. The molecule has 0 unspecified atom stereocenters. The van der Waals surface area contributed by atoms with Gasteiger partial charge in [0.1, 0.15) is 0 Å². The zero-order valence-electron chi connectivity index (χ0n) is 6.03. The third kappa shape index (κ3) is 0.952. The summed E-state index contributed by atoms with van der Waals surface area (Å²) < 4.78 is 1.09. The number of anilines is 1. The molecule has 4 heteroatoms. The van der Waals surface area contributed by atoms with Gasteiger partial charge in [0.25, 0.3) is 0 Å². The summed E-state index contributed by atoms with van der Waals surface area (Å²) in [5, 5.41) is 0.585. The largest absolute Gasteiger partial charge is 0.375 e. The van der Waals surface area contributed by atoms with Crippen molar-refractivity contribution in [3.05, 3.63) is 17.8 Å². The van der Waals surface area contributed by atoms with E-state index >= 15 is 0 Å². The summed E-state index contributed by atoms with van der Waals surface area (Å²) in [7, 11) is 0. The maximum Gasteiger partial charge on any atom is 0.182 e. The van der Waals surface area contributed by atoms with E-state index in [1.807, 2.05) is 13.0 Å². The fraction of sp³-hybridized carbons (Fsp3) is 0.143. The SMILES string of the molecule is Cc1ccnc2nc(N)sc12. The summed E-state index contributed by atoms with van der Waals surface area (Å²) in [6.45, 7) is 2.03. The molecule has 0 bridgehead atoms. The molecule has 2 rings (SSSR count). The Balaban J connectivity index is 2.90. The molecule has 0 aliphatic heterocycles. The summed E-state index contributed by atoms with van der Waals surface area (Å²) in [6.07, 6.45) is 1.75. The second-order valence-electron chi connectivity index (χ2n) is 2.33. The molecular weight excluding hydrogens is 158 g/mol. The molecule has 2 N–H and O–H groups in total. The molecule has 56 valence electrons. The number of fused-ring (bicyclic) bond motifs is 1. The Morgan fingerprint density at radius 1 is 1.55 bits per heavy atom. The van der Waals surface area contributed by atoms with Crippen molar-refractivity contribution in [2.24, 2.45) is 0 Å². The first-order valence-corrected chi connectivity index (χ1v) is 4.06. The van der Waals surface area contributed by atoms with Crippen LogP contribution in [0.1, 0.15) is 5.56 Å². The third-order valence-corrected chi connectivity index (χ3v) is 2.51. The zero-order chi connectivity index (χ0) is 7.84. The van der Waals surface area contributed by atoms with Crippen LogP contribution in [-0.4, -0.2) is 9.97 Å². The Morgan fingerprint density at radius 2 is 2.36 bits per heavy atom. The molecule has 2 aromatic rings. The van der Waals surface area contributed by atoms with E-state index in [9.17, 15) is 0 Å². The fourth-order valence-electron chi connectivity index (χ4n) is 0.968. The lowest BCUT2D eigenvalue weighted by molar-refractivity contribution is 1.31. The molecule has 0 fully saturated rings. The van der Waals surface area contributed by atoms with Crippen molar-refractivity contribution < 1.29 is 0 Å². The highest BCUT2D eigenvalue weighted by Crippen LogP contribution is 2.24. The average molecular weight is 165 g/mol. The van der Waals surface area contributed by atoms with E-state index < -0.39 is 0 Å². The predicted molar refractivity (Wildman–Crippen MR) is 46.6 cm³/mol. The molecule has 2 aromatic heterocycles. The van der Waals surface area contributed by atoms with Crippen LogP contribution in [0.4, 0.5) is 5.13 Å². The van der Waals surface area contributed by atoms with Gasteiger partial charge in [0.15, 0.2) is 10.8 Å². The molecule has 3 nitrogen and oxygen atoms in total. The molecular formula is C7H7N3S. The van der Waals surface area contributed by atoms with Gasteiger partial charge in [-0.05, 0) is 18.6 Å². The number of hydrogen-bond donors (Lipinski definition) is 1. The molecule has 11 heavy (non-hydrogen) atoms. The first-order valence-electron chi connectivity index (χ1n) is 3.25. The van der Waals surface area contributed by atoms with Gasteiger partial charge in [-0.3, -0.25) is 0 Å². The van der Waals surface area contributed by atoms with Crippen molar-refractivity contribution in [1.29, 1.82) is 0 Å². The molecule has 0 aliphatic rings. The molecule has 0 saturated heterocycles. The monoisotopic (exact) mass is 165 g/mol. The number of nitrogen functional groups attached to an aromatic ring is 1. The van der Waals surface area contributed by atoms with Crippen molar-refractivity contribution in [2.75, 3.05) is 5.73 Å². The second-order valence-corrected chi connectivity index (χ2v) is 3.36. The van der Waals surface area contributed by atoms with Crippen LogP contribution < -0.4 is 5.73 Å². The number of aromatic nitrogens is 2. The first-order chi connectivity index (χ1) is 5.27. The summed E-state index contributed by atoms with van der Waals surface area (Å²) in [5.74, 6) is 0. The highest BCUT2D eigenvalue weighted by molar-refractivity contribution is 7.22.